The topological polar surface area (TPSA) is 105 Å². The van der Waals surface area contributed by atoms with Gasteiger partial charge in [0.25, 0.3) is 0 Å². The number of benzene rings is 1. The highest BCUT2D eigenvalue weighted by molar-refractivity contribution is 7.22. The molecule has 0 spiro atoms. The maximum absolute atomic E-state index is 13.2. The van der Waals surface area contributed by atoms with Crippen LogP contribution in [0, 0.1) is 5.92 Å². The number of anilines is 1. The maximum Gasteiger partial charge on any atom is 0.426 e. The van der Waals surface area contributed by atoms with E-state index in [1.165, 1.54) is 19.3 Å². The number of nitrogens with one attached hydrogen (secondary N) is 3. The van der Waals surface area contributed by atoms with Crippen molar-refractivity contribution in [2.24, 2.45) is 5.92 Å². The zero-order valence-electron chi connectivity index (χ0n) is 19.8. The molecule has 2 heterocycles. The van der Waals surface area contributed by atoms with E-state index in [-0.39, 0.29) is 11.9 Å². The van der Waals surface area contributed by atoms with E-state index in [1.807, 2.05) is 31.2 Å². The number of fused-ring (bicyclic) bond motifs is 1. The molecule has 2 atom stereocenters. The average molecular weight is 490 g/mol. The monoisotopic (exact) mass is 489 g/mol. The van der Waals surface area contributed by atoms with Gasteiger partial charge in [-0.2, -0.15) is 0 Å². The number of hydrogen-bond donors (Lipinski definition) is 3. The molecule has 1 aliphatic carbocycles. The van der Waals surface area contributed by atoms with Gasteiger partial charge in [-0.3, -0.25) is 4.79 Å². The summed E-state index contributed by atoms with van der Waals surface area (Å²) in [4.78, 5) is 35.7. The van der Waals surface area contributed by atoms with E-state index in [2.05, 4.69) is 20.9 Å². The van der Waals surface area contributed by atoms with Gasteiger partial charge >= 0.3 is 6.09 Å². The molecule has 1 saturated heterocycles. The van der Waals surface area contributed by atoms with Gasteiger partial charge < -0.3 is 25.5 Å². The number of hydrogen-bond acceptors (Lipinski definition) is 8. The second-order valence-electron chi connectivity index (χ2n) is 9.13. The van der Waals surface area contributed by atoms with Crippen molar-refractivity contribution in [3.8, 4) is 0 Å². The fraction of sp³-hybridized carbons (Fsp3) is 0.625. The standard InChI is InChI=1S/C24H35N5O4S/c1-17(16-25-23-27-19-9-5-6-10-21(19)34-23)26-22(30)20(15-18-7-3-2-4-8-18)28-24(31)33-29-11-13-32-14-12-29/h5-6,9-10,17-18,20H,2-4,7-8,11-16H2,1H3,(H,25,27)(H,26,30)(H,28,31)/t17-,20-/m0/s1. The fourth-order valence-electron chi connectivity index (χ4n) is 4.49. The summed E-state index contributed by atoms with van der Waals surface area (Å²) in [6, 6.07) is 7.24. The molecule has 2 fully saturated rings. The zero-order valence-corrected chi connectivity index (χ0v) is 20.6. The minimum atomic E-state index is -0.624. The molecule has 1 aromatic heterocycles. The van der Waals surface area contributed by atoms with E-state index < -0.39 is 12.1 Å². The highest BCUT2D eigenvalue weighted by Gasteiger charge is 2.28. The molecule has 34 heavy (non-hydrogen) atoms. The van der Waals surface area contributed by atoms with Crippen LogP contribution in [0.3, 0.4) is 0 Å². The lowest BCUT2D eigenvalue weighted by molar-refractivity contribution is -0.147. The lowest BCUT2D eigenvalue weighted by Crippen LogP contribution is -2.52. The van der Waals surface area contributed by atoms with Crippen LogP contribution in [0.2, 0.25) is 0 Å². The van der Waals surface area contributed by atoms with Crippen molar-refractivity contribution in [3.05, 3.63) is 24.3 Å². The summed E-state index contributed by atoms with van der Waals surface area (Å²) in [5, 5.41) is 11.6. The second-order valence-corrected chi connectivity index (χ2v) is 10.2. The van der Waals surface area contributed by atoms with Gasteiger partial charge in [-0.25, -0.2) is 9.78 Å². The highest BCUT2D eigenvalue weighted by atomic mass is 32.1. The Hall–Kier alpha value is -2.43. The molecule has 4 rings (SSSR count). The molecule has 0 bridgehead atoms. The minimum absolute atomic E-state index is 0.134. The van der Waals surface area contributed by atoms with Gasteiger partial charge in [0.05, 0.1) is 36.5 Å². The molecule has 0 radical (unpaired) electrons. The summed E-state index contributed by atoms with van der Waals surface area (Å²) in [7, 11) is 0. The number of hydroxylamine groups is 2. The molecule has 9 nitrogen and oxygen atoms in total. The number of morpholine rings is 1. The third-order valence-corrected chi connectivity index (χ3v) is 7.32. The SMILES string of the molecule is C[C@@H](CNc1nc2ccccc2s1)NC(=O)[C@H](CC1CCCCC1)NC(=O)ON1CCOCC1. The molecule has 186 valence electrons. The number of nitrogens with zero attached hydrogens (tertiary/aromatic N) is 2. The molecule has 2 aromatic rings. The Kier molecular flexibility index (Phi) is 8.95. The quantitative estimate of drug-likeness (QED) is 0.495. The minimum Gasteiger partial charge on any atom is -0.379 e. The summed E-state index contributed by atoms with van der Waals surface area (Å²) in [5.41, 5.74) is 0.960. The molecule has 1 aromatic carbocycles. The van der Waals surface area contributed by atoms with Gasteiger partial charge in [0, 0.05) is 12.6 Å². The molecule has 2 amide bonds. The van der Waals surface area contributed by atoms with E-state index in [0.29, 0.717) is 45.2 Å². The number of thiazole rings is 1. The van der Waals surface area contributed by atoms with Gasteiger partial charge in [0.15, 0.2) is 5.13 Å². The Labute approximate surface area is 204 Å². The normalized spacial score (nSPS) is 19.3. The Bertz CT molecular complexity index is 909. The third-order valence-electron chi connectivity index (χ3n) is 6.33. The first-order valence-electron chi connectivity index (χ1n) is 12.3. The highest BCUT2D eigenvalue weighted by Crippen LogP contribution is 2.28. The van der Waals surface area contributed by atoms with Gasteiger partial charge in [-0.1, -0.05) is 55.6 Å². The number of rotatable bonds is 9. The molecule has 3 N–H and O–H groups in total. The van der Waals surface area contributed by atoms with E-state index in [0.717, 1.165) is 28.2 Å². The van der Waals surface area contributed by atoms with Gasteiger partial charge in [-0.05, 0) is 31.4 Å². The first kappa shape index (κ1) is 24.7. The smallest absolute Gasteiger partial charge is 0.379 e. The molecule has 1 aliphatic heterocycles. The van der Waals surface area contributed by atoms with Crippen molar-refractivity contribution in [1.82, 2.24) is 20.7 Å². The Balaban J connectivity index is 1.30. The summed E-state index contributed by atoms with van der Waals surface area (Å²) < 4.78 is 6.41. The lowest BCUT2D eigenvalue weighted by atomic mass is 9.84. The van der Waals surface area contributed by atoms with Crippen LogP contribution in [0.4, 0.5) is 9.93 Å². The fourth-order valence-corrected chi connectivity index (χ4v) is 5.37. The van der Waals surface area contributed by atoms with E-state index in [4.69, 9.17) is 9.57 Å². The molecule has 0 unspecified atom stereocenters. The van der Waals surface area contributed by atoms with Crippen LogP contribution in [0.25, 0.3) is 10.2 Å². The van der Waals surface area contributed by atoms with Gasteiger partial charge in [0.2, 0.25) is 5.91 Å². The summed E-state index contributed by atoms with van der Waals surface area (Å²) in [6.45, 7) is 4.60. The number of carbonyl (C=O) groups excluding carboxylic acids is 2. The van der Waals surface area contributed by atoms with Gasteiger partial charge in [0.1, 0.15) is 6.04 Å². The second kappa shape index (κ2) is 12.3. The number of ether oxygens (including phenoxy) is 1. The summed E-state index contributed by atoms with van der Waals surface area (Å²) >= 11 is 1.59. The summed E-state index contributed by atoms with van der Waals surface area (Å²) in [5.74, 6) is 0.257. The van der Waals surface area contributed by atoms with Crippen molar-refractivity contribution in [2.45, 2.75) is 57.5 Å². The van der Waals surface area contributed by atoms with Crippen LogP contribution >= 0.6 is 11.3 Å². The van der Waals surface area contributed by atoms with Crippen molar-refractivity contribution in [2.75, 3.05) is 38.2 Å². The Morgan fingerprint density at radius 1 is 1.18 bits per heavy atom. The van der Waals surface area contributed by atoms with Gasteiger partial charge in [-0.15, -0.1) is 5.06 Å². The molecular weight excluding hydrogens is 454 g/mol. The van der Waals surface area contributed by atoms with Crippen LogP contribution in [0.1, 0.15) is 45.4 Å². The number of amides is 2. The average Bonchev–Trinajstić information content (AvgIpc) is 3.27. The number of carbonyl (C=O) groups is 2. The predicted octanol–water partition coefficient (Wildman–Crippen LogP) is 3.53. The first-order valence-corrected chi connectivity index (χ1v) is 13.1. The Morgan fingerprint density at radius 3 is 2.71 bits per heavy atom. The van der Waals surface area contributed by atoms with Crippen LogP contribution in [-0.2, 0) is 14.4 Å². The zero-order chi connectivity index (χ0) is 23.8. The van der Waals surface area contributed by atoms with E-state index in [1.54, 1.807) is 16.4 Å². The largest absolute Gasteiger partial charge is 0.426 e. The van der Waals surface area contributed by atoms with Crippen LogP contribution in [0.15, 0.2) is 24.3 Å². The van der Waals surface area contributed by atoms with Crippen molar-refractivity contribution in [3.63, 3.8) is 0 Å². The van der Waals surface area contributed by atoms with Crippen molar-refractivity contribution >= 4 is 38.7 Å². The number of aromatic nitrogens is 1. The van der Waals surface area contributed by atoms with Crippen LogP contribution in [-0.4, -0.2) is 67.0 Å². The number of para-hydroxylation sites is 1. The van der Waals surface area contributed by atoms with Crippen molar-refractivity contribution < 1.29 is 19.2 Å². The maximum atomic E-state index is 13.2. The van der Waals surface area contributed by atoms with Crippen molar-refractivity contribution in [1.29, 1.82) is 0 Å². The third kappa shape index (κ3) is 7.28. The summed E-state index contributed by atoms with van der Waals surface area (Å²) in [6.07, 6.45) is 5.84. The molecule has 10 heteroatoms. The van der Waals surface area contributed by atoms with E-state index in [9.17, 15) is 9.59 Å². The lowest BCUT2D eigenvalue weighted by Gasteiger charge is -2.29. The van der Waals surface area contributed by atoms with Crippen LogP contribution in [0.5, 0.6) is 0 Å². The molecule has 2 aliphatic rings. The predicted molar refractivity (Wildman–Crippen MR) is 133 cm³/mol. The molecular formula is C24H35N5O4S. The Morgan fingerprint density at radius 2 is 1.94 bits per heavy atom. The van der Waals surface area contributed by atoms with E-state index >= 15 is 0 Å². The van der Waals surface area contributed by atoms with Crippen LogP contribution < -0.4 is 16.0 Å². The first-order chi connectivity index (χ1) is 16.6. The molecule has 1 saturated carbocycles.